The van der Waals surface area contributed by atoms with Crippen LogP contribution < -0.4 is 5.32 Å². The SMILES string of the molecule is C[C@H](NC(=O)N(C)Cc1ncn[nH]1)c1cc(Cl)ccc1Cl. The van der Waals surface area contributed by atoms with E-state index in [-0.39, 0.29) is 12.1 Å². The van der Waals surface area contributed by atoms with Gasteiger partial charge in [0.1, 0.15) is 12.2 Å². The summed E-state index contributed by atoms with van der Waals surface area (Å²) in [6.07, 6.45) is 1.40. The van der Waals surface area contributed by atoms with Gasteiger partial charge in [-0.15, -0.1) is 0 Å². The summed E-state index contributed by atoms with van der Waals surface area (Å²) in [5.74, 6) is 0.612. The molecule has 112 valence electrons. The van der Waals surface area contributed by atoms with Crippen LogP contribution in [0.4, 0.5) is 4.79 Å². The van der Waals surface area contributed by atoms with Crippen molar-refractivity contribution in [2.45, 2.75) is 19.5 Å². The van der Waals surface area contributed by atoms with E-state index in [0.717, 1.165) is 5.56 Å². The highest BCUT2D eigenvalue weighted by molar-refractivity contribution is 6.33. The largest absolute Gasteiger partial charge is 0.331 e. The number of aromatic nitrogens is 3. The molecular formula is C13H15Cl2N5O. The zero-order valence-corrected chi connectivity index (χ0v) is 13.1. The van der Waals surface area contributed by atoms with Gasteiger partial charge in [-0.1, -0.05) is 23.2 Å². The Morgan fingerprint density at radius 2 is 2.24 bits per heavy atom. The average molecular weight is 328 g/mol. The van der Waals surface area contributed by atoms with E-state index in [4.69, 9.17) is 23.2 Å². The molecule has 8 heteroatoms. The summed E-state index contributed by atoms with van der Waals surface area (Å²) in [7, 11) is 1.67. The third-order valence-electron chi connectivity index (χ3n) is 2.96. The first kappa shape index (κ1) is 15.6. The number of carbonyl (C=O) groups excluding carboxylic acids is 1. The summed E-state index contributed by atoms with van der Waals surface area (Å²) in [4.78, 5) is 17.6. The highest BCUT2D eigenvalue weighted by Gasteiger charge is 2.16. The van der Waals surface area contributed by atoms with Crippen molar-refractivity contribution in [3.8, 4) is 0 Å². The van der Waals surface area contributed by atoms with E-state index in [1.807, 2.05) is 6.92 Å². The molecule has 0 saturated heterocycles. The van der Waals surface area contributed by atoms with Gasteiger partial charge >= 0.3 is 6.03 Å². The number of carbonyl (C=O) groups is 1. The van der Waals surface area contributed by atoms with Gasteiger partial charge in [0.25, 0.3) is 0 Å². The number of nitrogens with zero attached hydrogens (tertiary/aromatic N) is 3. The van der Waals surface area contributed by atoms with E-state index in [9.17, 15) is 4.79 Å². The quantitative estimate of drug-likeness (QED) is 0.906. The Hall–Kier alpha value is -1.79. The molecule has 0 spiro atoms. The number of aromatic amines is 1. The van der Waals surface area contributed by atoms with E-state index < -0.39 is 0 Å². The van der Waals surface area contributed by atoms with E-state index in [0.29, 0.717) is 22.4 Å². The van der Waals surface area contributed by atoms with Crippen molar-refractivity contribution in [1.29, 1.82) is 0 Å². The van der Waals surface area contributed by atoms with Gasteiger partial charge in [0.15, 0.2) is 0 Å². The van der Waals surface area contributed by atoms with Gasteiger partial charge in [-0.05, 0) is 30.7 Å². The smallest absolute Gasteiger partial charge is 0.318 e. The molecule has 1 atom stereocenters. The molecule has 21 heavy (non-hydrogen) atoms. The molecule has 0 unspecified atom stereocenters. The summed E-state index contributed by atoms with van der Waals surface area (Å²) in [5, 5.41) is 10.4. The molecule has 2 aromatic rings. The number of benzene rings is 1. The van der Waals surface area contributed by atoms with E-state index in [1.165, 1.54) is 11.2 Å². The normalized spacial score (nSPS) is 12.0. The van der Waals surface area contributed by atoms with Crippen LogP contribution in [0.3, 0.4) is 0 Å². The Kier molecular flexibility index (Phi) is 5.03. The number of H-pyrrole nitrogens is 1. The number of halogens is 2. The highest BCUT2D eigenvalue weighted by atomic mass is 35.5. The first-order valence-corrected chi connectivity index (χ1v) is 7.03. The number of hydrogen-bond acceptors (Lipinski definition) is 3. The van der Waals surface area contributed by atoms with Gasteiger partial charge in [0.05, 0.1) is 12.6 Å². The second-order valence-corrected chi connectivity index (χ2v) is 5.47. The Bertz CT molecular complexity index is 617. The topological polar surface area (TPSA) is 73.9 Å². The van der Waals surface area contributed by atoms with E-state index in [1.54, 1.807) is 25.2 Å². The molecule has 2 N–H and O–H groups in total. The van der Waals surface area contributed by atoms with Gasteiger partial charge in [-0.3, -0.25) is 5.10 Å². The lowest BCUT2D eigenvalue weighted by molar-refractivity contribution is 0.202. The maximum Gasteiger partial charge on any atom is 0.318 e. The van der Waals surface area contributed by atoms with Gasteiger partial charge < -0.3 is 10.2 Å². The summed E-state index contributed by atoms with van der Waals surface area (Å²) in [6.45, 7) is 2.18. The molecule has 1 heterocycles. The van der Waals surface area contributed by atoms with Crippen molar-refractivity contribution in [3.63, 3.8) is 0 Å². The molecule has 0 saturated carbocycles. The monoisotopic (exact) mass is 327 g/mol. The van der Waals surface area contributed by atoms with Crippen LogP contribution >= 0.6 is 23.2 Å². The third kappa shape index (κ3) is 4.09. The summed E-state index contributed by atoms with van der Waals surface area (Å²) in [6, 6.07) is 4.65. The zero-order chi connectivity index (χ0) is 15.4. The lowest BCUT2D eigenvalue weighted by Crippen LogP contribution is -2.38. The predicted molar refractivity (Wildman–Crippen MR) is 81.3 cm³/mol. The molecule has 0 aliphatic rings. The zero-order valence-electron chi connectivity index (χ0n) is 11.6. The highest BCUT2D eigenvalue weighted by Crippen LogP contribution is 2.26. The van der Waals surface area contributed by atoms with Crippen molar-refractivity contribution in [2.24, 2.45) is 0 Å². The molecule has 0 aliphatic carbocycles. The molecule has 0 aliphatic heterocycles. The fourth-order valence-corrected chi connectivity index (χ4v) is 2.28. The molecular weight excluding hydrogens is 313 g/mol. The second-order valence-electron chi connectivity index (χ2n) is 4.63. The standard InChI is InChI=1S/C13H15Cl2N5O/c1-8(10-5-9(14)3-4-11(10)15)18-13(21)20(2)6-12-16-7-17-19-12/h3-5,7-8H,6H2,1-2H3,(H,18,21)(H,16,17,19)/t8-/m0/s1. The van der Waals surface area contributed by atoms with Crippen molar-refractivity contribution >= 4 is 29.2 Å². The van der Waals surface area contributed by atoms with E-state index in [2.05, 4.69) is 20.5 Å². The summed E-state index contributed by atoms with van der Waals surface area (Å²) < 4.78 is 0. The van der Waals surface area contributed by atoms with Crippen molar-refractivity contribution in [3.05, 3.63) is 46.0 Å². The van der Waals surface area contributed by atoms with E-state index >= 15 is 0 Å². The molecule has 0 radical (unpaired) electrons. The predicted octanol–water partition coefficient (Wildman–Crippen LogP) is 3.01. The number of amides is 2. The second kappa shape index (κ2) is 6.78. The van der Waals surface area contributed by atoms with Crippen LogP contribution in [0.1, 0.15) is 24.4 Å². The summed E-state index contributed by atoms with van der Waals surface area (Å²) in [5.41, 5.74) is 0.769. The van der Waals surface area contributed by atoms with Gasteiger partial charge in [-0.2, -0.15) is 5.10 Å². The Labute approximate surface area is 132 Å². The Morgan fingerprint density at radius 3 is 2.90 bits per heavy atom. The van der Waals surface area contributed by atoms with Crippen LogP contribution in [-0.2, 0) is 6.54 Å². The summed E-state index contributed by atoms with van der Waals surface area (Å²) >= 11 is 12.1. The number of urea groups is 1. The van der Waals surface area contributed by atoms with Crippen molar-refractivity contribution in [2.75, 3.05) is 7.05 Å². The Morgan fingerprint density at radius 1 is 1.48 bits per heavy atom. The minimum absolute atomic E-state index is 0.241. The molecule has 6 nitrogen and oxygen atoms in total. The third-order valence-corrected chi connectivity index (χ3v) is 3.54. The van der Waals surface area contributed by atoms with Crippen molar-refractivity contribution < 1.29 is 4.79 Å². The molecule has 2 rings (SSSR count). The lowest BCUT2D eigenvalue weighted by atomic mass is 10.1. The maximum absolute atomic E-state index is 12.1. The first-order valence-electron chi connectivity index (χ1n) is 6.28. The van der Waals surface area contributed by atoms with Crippen LogP contribution in [0.15, 0.2) is 24.5 Å². The van der Waals surface area contributed by atoms with Crippen LogP contribution in [0.5, 0.6) is 0 Å². The van der Waals surface area contributed by atoms with Crippen LogP contribution in [0, 0.1) is 0 Å². The number of nitrogens with one attached hydrogen (secondary N) is 2. The molecule has 0 fully saturated rings. The Balaban J connectivity index is 1.99. The average Bonchev–Trinajstić information content (AvgIpc) is 2.94. The van der Waals surface area contributed by atoms with Gasteiger partial charge in [0.2, 0.25) is 0 Å². The minimum Gasteiger partial charge on any atom is -0.331 e. The molecule has 1 aromatic carbocycles. The molecule has 2 amide bonds. The minimum atomic E-state index is -0.263. The van der Waals surface area contributed by atoms with Gasteiger partial charge in [-0.25, -0.2) is 9.78 Å². The van der Waals surface area contributed by atoms with Crippen LogP contribution in [0.2, 0.25) is 10.0 Å². The number of hydrogen-bond donors (Lipinski definition) is 2. The molecule has 1 aromatic heterocycles. The molecule has 0 bridgehead atoms. The maximum atomic E-state index is 12.1. The van der Waals surface area contributed by atoms with Crippen LogP contribution in [-0.4, -0.2) is 33.2 Å². The fourth-order valence-electron chi connectivity index (χ4n) is 1.82. The lowest BCUT2D eigenvalue weighted by Gasteiger charge is -2.21. The first-order chi connectivity index (χ1) is 9.97. The van der Waals surface area contributed by atoms with Crippen LogP contribution in [0.25, 0.3) is 0 Å². The number of rotatable bonds is 4. The fraction of sp³-hybridized carbons (Fsp3) is 0.308. The van der Waals surface area contributed by atoms with Crippen molar-refractivity contribution in [1.82, 2.24) is 25.4 Å². The van der Waals surface area contributed by atoms with Gasteiger partial charge in [0, 0.05) is 17.1 Å².